The van der Waals surface area contributed by atoms with Gasteiger partial charge >= 0.3 is 0 Å². The van der Waals surface area contributed by atoms with Crippen LogP contribution in [0.1, 0.15) is 44.4 Å². The van der Waals surface area contributed by atoms with Crippen molar-refractivity contribution < 1.29 is 9.21 Å². The lowest BCUT2D eigenvalue weighted by Gasteiger charge is -2.41. The molecular weight excluding hydrogens is 374 g/mol. The molecule has 2 saturated heterocycles. The van der Waals surface area contributed by atoms with E-state index in [1.54, 1.807) is 0 Å². The van der Waals surface area contributed by atoms with Crippen LogP contribution in [-0.2, 0) is 4.79 Å². The minimum absolute atomic E-state index is 0.0645. The van der Waals surface area contributed by atoms with Gasteiger partial charge in [-0.25, -0.2) is 0 Å². The summed E-state index contributed by atoms with van der Waals surface area (Å²) in [5.74, 6) is 0.979. The molecule has 2 aromatic rings. The van der Waals surface area contributed by atoms with Crippen LogP contribution in [0.2, 0.25) is 5.02 Å². The summed E-state index contributed by atoms with van der Waals surface area (Å²) in [6.07, 6.45) is 4.49. The van der Waals surface area contributed by atoms with Crippen LogP contribution < -0.4 is 5.32 Å². The molecule has 0 radical (unpaired) electrons. The average molecular weight is 404 g/mol. The summed E-state index contributed by atoms with van der Waals surface area (Å²) < 4.78 is 5.91. The maximum Gasteiger partial charge on any atom is 0.224 e. The molecule has 1 amide bonds. The smallest absolute Gasteiger partial charge is 0.224 e. The van der Waals surface area contributed by atoms with Gasteiger partial charge in [-0.1, -0.05) is 11.6 Å². The number of rotatable bonds is 4. The van der Waals surface area contributed by atoms with E-state index in [0.29, 0.717) is 11.1 Å². The van der Waals surface area contributed by atoms with Crippen LogP contribution in [-0.4, -0.2) is 55.0 Å². The van der Waals surface area contributed by atoms with Crippen molar-refractivity contribution in [2.75, 3.05) is 33.2 Å². The standard InChI is InChI=1S/C22H30ClN3O2/c1-15(21-13-17-12-18(23)5-6-20(17)28-21)24-22(27)16-4-3-9-26(14-16)19-7-10-25(2)11-8-19/h5-6,12-13,15-16,19H,3-4,7-11,14H2,1-2H3,(H,24,27)/t15-,16-/m0/s1. The highest BCUT2D eigenvalue weighted by atomic mass is 35.5. The van der Waals surface area contributed by atoms with Crippen LogP contribution in [0.3, 0.4) is 0 Å². The SMILES string of the molecule is C[C@H](NC(=O)[C@H]1CCCN(C2CCN(C)CC2)C1)c1cc2cc(Cl)ccc2o1. The maximum absolute atomic E-state index is 12.9. The van der Waals surface area contributed by atoms with E-state index in [-0.39, 0.29) is 17.9 Å². The second-order valence-electron chi connectivity index (χ2n) is 8.43. The Morgan fingerprint density at radius 2 is 2.00 bits per heavy atom. The van der Waals surface area contributed by atoms with Gasteiger partial charge in [-0.05, 0) is 83.6 Å². The van der Waals surface area contributed by atoms with Crippen LogP contribution in [0, 0.1) is 5.92 Å². The number of carbonyl (C=O) groups is 1. The first-order valence-corrected chi connectivity index (χ1v) is 10.8. The molecule has 3 heterocycles. The van der Waals surface area contributed by atoms with Crippen molar-refractivity contribution in [3.8, 4) is 0 Å². The maximum atomic E-state index is 12.9. The van der Waals surface area contributed by atoms with E-state index in [1.807, 2.05) is 31.2 Å². The molecule has 1 aromatic carbocycles. The Bertz CT molecular complexity index is 828. The number of benzene rings is 1. The zero-order chi connectivity index (χ0) is 19.7. The third kappa shape index (κ3) is 4.37. The van der Waals surface area contributed by atoms with E-state index >= 15 is 0 Å². The molecule has 0 unspecified atom stereocenters. The molecular formula is C22H30ClN3O2. The fourth-order valence-corrected chi connectivity index (χ4v) is 4.74. The van der Waals surface area contributed by atoms with Crippen molar-refractivity contribution >= 4 is 28.5 Å². The minimum atomic E-state index is -0.155. The van der Waals surface area contributed by atoms with E-state index in [9.17, 15) is 4.79 Å². The van der Waals surface area contributed by atoms with Crippen LogP contribution in [0.5, 0.6) is 0 Å². The second-order valence-corrected chi connectivity index (χ2v) is 8.87. The predicted molar refractivity (Wildman–Crippen MR) is 113 cm³/mol. The molecule has 2 aliphatic heterocycles. The summed E-state index contributed by atoms with van der Waals surface area (Å²) >= 11 is 6.06. The highest BCUT2D eigenvalue weighted by molar-refractivity contribution is 6.31. The normalized spacial score (nSPS) is 23.8. The van der Waals surface area contributed by atoms with Crippen LogP contribution in [0.25, 0.3) is 11.0 Å². The van der Waals surface area contributed by atoms with Gasteiger partial charge in [-0.3, -0.25) is 9.69 Å². The van der Waals surface area contributed by atoms with E-state index < -0.39 is 0 Å². The number of nitrogens with zero attached hydrogens (tertiary/aromatic N) is 2. The number of carbonyl (C=O) groups excluding carboxylic acids is 1. The Hall–Kier alpha value is -1.56. The van der Waals surface area contributed by atoms with Crippen LogP contribution >= 0.6 is 11.6 Å². The summed E-state index contributed by atoms with van der Waals surface area (Å²) in [5, 5.41) is 4.83. The van der Waals surface area contributed by atoms with Crippen LogP contribution in [0.4, 0.5) is 0 Å². The highest BCUT2D eigenvalue weighted by Gasteiger charge is 2.31. The Kier molecular flexibility index (Phi) is 5.95. The van der Waals surface area contributed by atoms with Crippen molar-refractivity contribution in [2.45, 2.75) is 44.7 Å². The molecule has 1 aromatic heterocycles. The Labute approximate surface area is 172 Å². The molecule has 0 spiro atoms. The van der Waals surface area contributed by atoms with Gasteiger partial charge in [0.05, 0.1) is 12.0 Å². The fourth-order valence-electron chi connectivity index (χ4n) is 4.56. The topological polar surface area (TPSA) is 48.7 Å². The van der Waals surface area contributed by atoms with E-state index in [2.05, 4.69) is 22.2 Å². The first kappa shape index (κ1) is 19.7. The number of fused-ring (bicyclic) bond motifs is 1. The zero-order valence-corrected chi connectivity index (χ0v) is 17.5. The monoisotopic (exact) mass is 403 g/mol. The molecule has 2 atom stereocenters. The number of hydrogen-bond donors (Lipinski definition) is 1. The lowest BCUT2D eigenvalue weighted by Crippen LogP contribution is -2.50. The third-order valence-corrected chi connectivity index (χ3v) is 6.55. The molecule has 6 heteroatoms. The van der Waals surface area contributed by atoms with Crippen molar-refractivity contribution in [1.82, 2.24) is 15.1 Å². The van der Waals surface area contributed by atoms with Crippen LogP contribution in [0.15, 0.2) is 28.7 Å². The molecule has 2 aliphatic rings. The number of halogens is 1. The molecule has 28 heavy (non-hydrogen) atoms. The van der Waals surface area contributed by atoms with Gasteiger partial charge in [0, 0.05) is 23.0 Å². The molecule has 0 saturated carbocycles. The van der Waals surface area contributed by atoms with Gasteiger partial charge in [-0.2, -0.15) is 0 Å². The van der Waals surface area contributed by atoms with Gasteiger partial charge < -0.3 is 14.6 Å². The van der Waals surface area contributed by atoms with Gasteiger partial charge in [0.2, 0.25) is 5.91 Å². The van der Waals surface area contributed by atoms with Crippen molar-refractivity contribution in [1.29, 1.82) is 0 Å². The zero-order valence-electron chi connectivity index (χ0n) is 16.8. The van der Waals surface area contributed by atoms with Crippen molar-refractivity contribution in [3.05, 3.63) is 35.0 Å². The molecule has 2 fully saturated rings. The molecule has 1 N–H and O–H groups in total. The lowest BCUT2D eigenvalue weighted by molar-refractivity contribution is -0.128. The quantitative estimate of drug-likeness (QED) is 0.835. The molecule has 4 rings (SSSR count). The number of likely N-dealkylation sites (tertiary alicyclic amines) is 2. The van der Waals surface area contributed by atoms with E-state index in [4.69, 9.17) is 16.0 Å². The number of hydrogen-bond acceptors (Lipinski definition) is 4. The summed E-state index contributed by atoms with van der Waals surface area (Å²) in [4.78, 5) is 17.9. The minimum Gasteiger partial charge on any atom is -0.459 e. The largest absolute Gasteiger partial charge is 0.459 e. The second kappa shape index (κ2) is 8.44. The number of nitrogens with one attached hydrogen (secondary N) is 1. The number of piperidine rings is 2. The molecule has 0 bridgehead atoms. The summed E-state index contributed by atoms with van der Waals surface area (Å²) in [5.41, 5.74) is 0.798. The first-order valence-electron chi connectivity index (χ1n) is 10.4. The third-order valence-electron chi connectivity index (χ3n) is 6.31. The van der Waals surface area contributed by atoms with E-state index in [1.165, 1.54) is 12.8 Å². The van der Waals surface area contributed by atoms with Gasteiger partial charge in [0.25, 0.3) is 0 Å². The molecule has 5 nitrogen and oxygen atoms in total. The van der Waals surface area contributed by atoms with Gasteiger partial charge in [0.1, 0.15) is 11.3 Å². The average Bonchev–Trinajstić information content (AvgIpc) is 3.12. The van der Waals surface area contributed by atoms with E-state index in [0.717, 1.165) is 55.8 Å². The highest BCUT2D eigenvalue weighted by Crippen LogP contribution is 2.28. The predicted octanol–water partition coefficient (Wildman–Crippen LogP) is 4.07. The Balaban J connectivity index is 1.36. The summed E-state index contributed by atoms with van der Waals surface area (Å²) in [6.45, 7) is 6.30. The summed E-state index contributed by atoms with van der Waals surface area (Å²) in [6, 6.07) is 8.02. The lowest BCUT2D eigenvalue weighted by atomic mass is 9.93. The molecule has 152 valence electrons. The number of furan rings is 1. The summed E-state index contributed by atoms with van der Waals surface area (Å²) in [7, 11) is 2.19. The number of amides is 1. The Morgan fingerprint density at radius 3 is 2.79 bits per heavy atom. The van der Waals surface area contributed by atoms with Gasteiger partial charge in [0.15, 0.2) is 0 Å². The van der Waals surface area contributed by atoms with Crippen molar-refractivity contribution in [3.63, 3.8) is 0 Å². The fraction of sp³-hybridized carbons (Fsp3) is 0.591. The van der Waals surface area contributed by atoms with Crippen molar-refractivity contribution in [2.24, 2.45) is 5.92 Å². The van der Waals surface area contributed by atoms with Gasteiger partial charge in [-0.15, -0.1) is 0 Å². The first-order chi connectivity index (χ1) is 13.5. The molecule has 0 aliphatic carbocycles. The Morgan fingerprint density at radius 1 is 1.21 bits per heavy atom.